The van der Waals surface area contributed by atoms with Crippen LogP contribution in [-0.4, -0.2) is 0 Å². The zero-order valence-corrected chi connectivity index (χ0v) is 11.8. The van der Waals surface area contributed by atoms with Crippen molar-refractivity contribution in [1.82, 2.24) is 0 Å². The number of aryl methyl sites for hydroxylation is 2. The Kier molecular flexibility index (Phi) is 3.35. The van der Waals surface area contributed by atoms with Crippen molar-refractivity contribution in [2.45, 2.75) is 38.1 Å². The van der Waals surface area contributed by atoms with Gasteiger partial charge in [-0.15, -0.1) is 0 Å². The molecule has 104 valence electrons. The fraction of sp³-hybridized carbons (Fsp3) is 0.333. The number of rotatable bonds is 2. The van der Waals surface area contributed by atoms with Crippen molar-refractivity contribution in [3.63, 3.8) is 0 Å². The lowest BCUT2D eigenvalue weighted by Crippen LogP contribution is -2.35. The molecule has 2 N–H and O–H groups in total. The van der Waals surface area contributed by atoms with E-state index in [1.807, 2.05) is 13.0 Å². The van der Waals surface area contributed by atoms with E-state index in [0.717, 1.165) is 18.4 Å². The lowest BCUT2D eigenvalue weighted by atomic mass is 9.81. The number of halogens is 1. The highest BCUT2D eigenvalue weighted by atomic mass is 19.1. The molecule has 3 rings (SSSR count). The summed E-state index contributed by atoms with van der Waals surface area (Å²) in [5.41, 5.74) is 10.00. The van der Waals surface area contributed by atoms with E-state index in [-0.39, 0.29) is 5.82 Å². The van der Waals surface area contributed by atoms with Gasteiger partial charge in [-0.25, -0.2) is 4.39 Å². The predicted molar refractivity (Wildman–Crippen MR) is 80.1 cm³/mol. The summed E-state index contributed by atoms with van der Waals surface area (Å²) < 4.78 is 14.0. The maximum absolute atomic E-state index is 14.0. The summed E-state index contributed by atoms with van der Waals surface area (Å²) in [4.78, 5) is 0. The molecule has 1 aliphatic carbocycles. The van der Waals surface area contributed by atoms with Crippen LogP contribution in [0.25, 0.3) is 0 Å². The summed E-state index contributed by atoms with van der Waals surface area (Å²) in [6, 6.07) is 13.2. The van der Waals surface area contributed by atoms with Crippen LogP contribution < -0.4 is 5.73 Å². The molecule has 0 saturated heterocycles. The quantitative estimate of drug-likeness (QED) is 0.878. The summed E-state index contributed by atoms with van der Waals surface area (Å²) in [5.74, 6) is -0.241. The van der Waals surface area contributed by atoms with E-state index in [4.69, 9.17) is 5.73 Å². The number of hydrogen-bond donors (Lipinski definition) is 1. The lowest BCUT2D eigenvalue weighted by Gasteiger charge is -2.28. The molecule has 0 radical (unpaired) electrons. The van der Waals surface area contributed by atoms with E-state index in [2.05, 4.69) is 18.2 Å². The summed E-state index contributed by atoms with van der Waals surface area (Å²) >= 11 is 0. The maximum Gasteiger partial charge on any atom is 0.128 e. The Morgan fingerprint density at radius 2 is 1.70 bits per heavy atom. The predicted octanol–water partition coefficient (Wildman–Crippen LogP) is 3.93. The van der Waals surface area contributed by atoms with E-state index in [1.54, 1.807) is 12.1 Å². The molecular weight excluding hydrogens is 249 g/mol. The van der Waals surface area contributed by atoms with Crippen molar-refractivity contribution in [3.05, 3.63) is 70.5 Å². The molecule has 2 aromatic carbocycles. The van der Waals surface area contributed by atoms with E-state index in [0.29, 0.717) is 5.56 Å². The first kappa shape index (κ1) is 13.3. The molecule has 1 aliphatic rings. The highest BCUT2D eigenvalue weighted by molar-refractivity contribution is 5.42. The minimum absolute atomic E-state index is 0.241. The molecule has 0 aliphatic heterocycles. The third-order valence-electron chi connectivity index (χ3n) is 4.38. The van der Waals surface area contributed by atoms with Crippen molar-refractivity contribution in [2.24, 2.45) is 5.73 Å². The molecule has 20 heavy (non-hydrogen) atoms. The molecule has 1 nitrogen and oxygen atoms in total. The van der Waals surface area contributed by atoms with Crippen molar-refractivity contribution in [3.8, 4) is 0 Å². The van der Waals surface area contributed by atoms with Gasteiger partial charge in [0.2, 0.25) is 0 Å². The van der Waals surface area contributed by atoms with Gasteiger partial charge in [-0.05, 0) is 55.4 Å². The Balaban J connectivity index is 2.05. The number of fused-ring (bicyclic) bond motifs is 1. The van der Waals surface area contributed by atoms with Gasteiger partial charge in [0.15, 0.2) is 0 Å². The average Bonchev–Trinajstić information content (AvgIpc) is 2.47. The van der Waals surface area contributed by atoms with Crippen LogP contribution in [0.15, 0.2) is 42.5 Å². The molecule has 1 unspecified atom stereocenters. The Bertz CT molecular complexity index is 631. The Morgan fingerprint density at radius 1 is 1.00 bits per heavy atom. The number of benzene rings is 2. The third-order valence-corrected chi connectivity index (χ3v) is 4.38. The minimum atomic E-state index is -0.794. The summed E-state index contributed by atoms with van der Waals surface area (Å²) in [6.45, 7) is 1.88. The van der Waals surface area contributed by atoms with Crippen molar-refractivity contribution < 1.29 is 4.39 Å². The Labute approximate surface area is 119 Å². The second-order valence-electron chi connectivity index (χ2n) is 5.87. The molecule has 1 atom stereocenters. The fourth-order valence-corrected chi connectivity index (χ4v) is 3.09. The monoisotopic (exact) mass is 269 g/mol. The highest BCUT2D eigenvalue weighted by Crippen LogP contribution is 2.31. The normalized spacial score (nSPS) is 17.4. The second kappa shape index (κ2) is 5.02. The standard InChI is InChI=1S/C18H20FN/c1-18(20,16-8-4-5-9-17(16)19)15-11-10-13-6-2-3-7-14(13)12-15/h4-5,8-12H,2-3,6-7,20H2,1H3. The molecule has 0 fully saturated rings. The van der Waals surface area contributed by atoms with E-state index >= 15 is 0 Å². The van der Waals surface area contributed by atoms with Gasteiger partial charge in [-0.2, -0.15) is 0 Å². The first-order valence-corrected chi connectivity index (χ1v) is 7.25. The second-order valence-corrected chi connectivity index (χ2v) is 5.87. The zero-order chi connectivity index (χ0) is 14.2. The van der Waals surface area contributed by atoms with Gasteiger partial charge in [-0.3, -0.25) is 0 Å². The van der Waals surface area contributed by atoms with E-state index < -0.39 is 5.54 Å². The molecule has 0 aromatic heterocycles. The lowest BCUT2D eigenvalue weighted by molar-refractivity contribution is 0.529. The number of hydrogen-bond acceptors (Lipinski definition) is 1. The van der Waals surface area contributed by atoms with Gasteiger partial charge in [-0.1, -0.05) is 36.4 Å². The van der Waals surface area contributed by atoms with Gasteiger partial charge < -0.3 is 5.73 Å². The Hall–Kier alpha value is -1.67. The van der Waals surface area contributed by atoms with Gasteiger partial charge in [0.05, 0.1) is 5.54 Å². The van der Waals surface area contributed by atoms with Gasteiger partial charge in [0.25, 0.3) is 0 Å². The summed E-state index contributed by atoms with van der Waals surface area (Å²) in [7, 11) is 0. The molecule has 0 bridgehead atoms. The smallest absolute Gasteiger partial charge is 0.128 e. The first-order valence-electron chi connectivity index (χ1n) is 7.25. The van der Waals surface area contributed by atoms with Crippen LogP contribution in [0.2, 0.25) is 0 Å². The van der Waals surface area contributed by atoms with E-state index in [1.165, 1.54) is 30.0 Å². The zero-order valence-electron chi connectivity index (χ0n) is 11.8. The summed E-state index contributed by atoms with van der Waals surface area (Å²) in [5, 5.41) is 0. The van der Waals surface area contributed by atoms with Crippen LogP contribution in [0.5, 0.6) is 0 Å². The average molecular weight is 269 g/mol. The minimum Gasteiger partial charge on any atom is -0.318 e. The first-order chi connectivity index (χ1) is 9.59. The van der Waals surface area contributed by atoms with Crippen LogP contribution in [0, 0.1) is 5.82 Å². The van der Waals surface area contributed by atoms with Crippen LogP contribution in [0.1, 0.15) is 42.0 Å². The van der Waals surface area contributed by atoms with Crippen LogP contribution in [0.3, 0.4) is 0 Å². The van der Waals surface area contributed by atoms with Crippen molar-refractivity contribution in [1.29, 1.82) is 0 Å². The van der Waals surface area contributed by atoms with Crippen LogP contribution in [-0.2, 0) is 18.4 Å². The largest absolute Gasteiger partial charge is 0.318 e. The van der Waals surface area contributed by atoms with Gasteiger partial charge in [0.1, 0.15) is 5.82 Å². The van der Waals surface area contributed by atoms with Gasteiger partial charge >= 0.3 is 0 Å². The third kappa shape index (κ3) is 2.25. The topological polar surface area (TPSA) is 26.0 Å². The molecular formula is C18H20FN. The molecule has 2 aromatic rings. The summed E-state index contributed by atoms with van der Waals surface area (Å²) in [6.07, 6.45) is 4.75. The SMILES string of the molecule is CC(N)(c1ccc2c(c1)CCCC2)c1ccccc1F. The molecule has 2 heteroatoms. The fourth-order valence-electron chi connectivity index (χ4n) is 3.09. The Morgan fingerprint density at radius 3 is 2.45 bits per heavy atom. The molecule has 0 saturated carbocycles. The van der Waals surface area contributed by atoms with Crippen molar-refractivity contribution >= 4 is 0 Å². The molecule has 0 amide bonds. The molecule has 0 spiro atoms. The number of nitrogens with two attached hydrogens (primary N) is 1. The highest BCUT2D eigenvalue weighted by Gasteiger charge is 2.27. The van der Waals surface area contributed by atoms with Crippen LogP contribution >= 0.6 is 0 Å². The molecule has 0 heterocycles. The van der Waals surface area contributed by atoms with Crippen molar-refractivity contribution in [2.75, 3.05) is 0 Å². The van der Waals surface area contributed by atoms with Gasteiger partial charge in [0, 0.05) is 5.56 Å². The maximum atomic E-state index is 14.0. The van der Waals surface area contributed by atoms with Crippen LogP contribution in [0.4, 0.5) is 4.39 Å². The van der Waals surface area contributed by atoms with E-state index in [9.17, 15) is 4.39 Å².